The maximum absolute atomic E-state index is 10.6. The zero-order chi connectivity index (χ0) is 12.0. The molecule has 7 heteroatoms. The van der Waals surface area contributed by atoms with Gasteiger partial charge in [-0.3, -0.25) is 4.57 Å². The molecule has 0 bridgehead atoms. The van der Waals surface area contributed by atoms with Crippen molar-refractivity contribution >= 4 is 11.6 Å². The molecule has 0 spiro atoms. The number of nitrogens with one attached hydrogen (secondary N) is 2. The molecule has 1 rings (SSSR count). The maximum atomic E-state index is 10.6. The summed E-state index contributed by atoms with van der Waals surface area (Å²) in [6.45, 7) is 4.46. The van der Waals surface area contributed by atoms with Crippen LogP contribution in [0, 0.1) is 10.1 Å². The minimum Gasteiger partial charge on any atom is -0.363 e. The maximum Gasteiger partial charge on any atom is 0.406 e. The van der Waals surface area contributed by atoms with Crippen molar-refractivity contribution in [2.24, 2.45) is 7.05 Å². The average Bonchev–Trinajstić information content (AvgIpc) is 2.60. The summed E-state index contributed by atoms with van der Waals surface area (Å²) in [5.41, 5.74) is 0. The molecule has 90 valence electrons. The number of hydrogen-bond donors (Lipinski definition) is 2. The van der Waals surface area contributed by atoms with E-state index in [0.29, 0.717) is 12.4 Å². The minimum atomic E-state index is -0.484. The van der Waals surface area contributed by atoms with Crippen LogP contribution < -0.4 is 10.6 Å². The van der Waals surface area contributed by atoms with Gasteiger partial charge in [-0.2, -0.15) is 0 Å². The Morgan fingerprint density at radius 3 is 2.88 bits per heavy atom. The fourth-order valence-corrected chi connectivity index (χ4v) is 1.33. The Morgan fingerprint density at radius 2 is 2.25 bits per heavy atom. The van der Waals surface area contributed by atoms with Gasteiger partial charge >= 0.3 is 5.82 Å². The Balaban J connectivity index is 2.46. The van der Waals surface area contributed by atoms with E-state index in [1.54, 1.807) is 11.6 Å². The Hall–Kier alpha value is -1.63. The molecule has 0 aliphatic rings. The summed E-state index contributed by atoms with van der Waals surface area (Å²) in [4.78, 5) is 13.9. The van der Waals surface area contributed by atoms with Crippen LogP contribution in [0.2, 0.25) is 0 Å². The molecule has 0 aromatic carbocycles. The number of hydrogen-bond acceptors (Lipinski definition) is 5. The van der Waals surface area contributed by atoms with Gasteiger partial charge in [0.15, 0.2) is 0 Å². The normalized spacial score (nSPS) is 10.4. The molecule has 0 saturated carbocycles. The lowest BCUT2D eigenvalue weighted by atomic mass is 10.4. The van der Waals surface area contributed by atoms with Gasteiger partial charge < -0.3 is 20.7 Å². The van der Waals surface area contributed by atoms with E-state index in [0.717, 1.165) is 19.5 Å². The summed E-state index contributed by atoms with van der Waals surface area (Å²) in [6.07, 6.45) is 2.51. The predicted octanol–water partition coefficient (Wildman–Crippen LogP) is 0.740. The Kier molecular flexibility index (Phi) is 4.71. The second-order valence-electron chi connectivity index (χ2n) is 3.46. The summed E-state index contributed by atoms with van der Waals surface area (Å²) in [5.74, 6) is 0.321. The first-order chi connectivity index (χ1) is 7.66. The van der Waals surface area contributed by atoms with E-state index >= 15 is 0 Å². The summed E-state index contributed by atoms with van der Waals surface area (Å²) in [7, 11) is 1.72. The Morgan fingerprint density at radius 1 is 1.50 bits per heavy atom. The molecule has 0 saturated heterocycles. The highest BCUT2D eigenvalue weighted by atomic mass is 16.6. The van der Waals surface area contributed by atoms with Crippen LogP contribution in [0.5, 0.6) is 0 Å². The predicted molar refractivity (Wildman–Crippen MR) is 61.5 cm³/mol. The minimum absolute atomic E-state index is 0.127. The van der Waals surface area contributed by atoms with E-state index in [4.69, 9.17) is 0 Å². The van der Waals surface area contributed by atoms with Gasteiger partial charge in [-0.05, 0) is 22.9 Å². The number of aryl methyl sites for hydroxylation is 1. The molecule has 2 N–H and O–H groups in total. The van der Waals surface area contributed by atoms with Crippen molar-refractivity contribution in [3.8, 4) is 0 Å². The SMILES string of the molecule is CCCNCCNc1c([N+](=O)[O-])ncn1C. The van der Waals surface area contributed by atoms with Gasteiger partial charge in [0.2, 0.25) is 12.1 Å². The number of imidazole rings is 1. The molecular formula is C9H17N5O2. The van der Waals surface area contributed by atoms with Crippen molar-refractivity contribution in [2.75, 3.05) is 25.0 Å². The third-order valence-corrected chi connectivity index (χ3v) is 2.11. The molecule has 0 fully saturated rings. The molecule has 0 unspecified atom stereocenters. The van der Waals surface area contributed by atoms with Crippen LogP contribution in [-0.4, -0.2) is 34.1 Å². The van der Waals surface area contributed by atoms with Gasteiger partial charge in [-0.15, -0.1) is 0 Å². The van der Waals surface area contributed by atoms with E-state index in [1.807, 2.05) is 0 Å². The molecule has 1 aromatic rings. The van der Waals surface area contributed by atoms with Crippen LogP contribution in [0.3, 0.4) is 0 Å². The second-order valence-corrected chi connectivity index (χ2v) is 3.46. The Bertz CT molecular complexity index is 350. The molecular weight excluding hydrogens is 210 g/mol. The van der Waals surface area contributed by atoms with Gasteiger partial charge in [0, 0.05) is 20.1 Å². The lowest BCUT2D eigenvalue weighted by Crippen LogP contribution is -2.23. The molecule has 0 amide bonds. The average molecular weight is 227 g/mol. The van der Waals surface area contributed by atoms with Crippen molar-refractivity contribution in [1.29, 1.82) is 0 Å². The van der Waals surface area contributed by atoms with Crippen LogP contribution in [0.15, 0.2) is 6.33 Å². The molecule has 16 heavy (non-hydrogen) atoms. The molecule has 1 aromatic heterocycles. The summed E-state index contributed by atoms with van der Waals surface area (Å²) >= 11 is 0. The highest BCUT2D eigenvalue weighted by Crippen LogP contribution is 2.20. The van der Waals surface area contributed by atoms with Crippen molar-refractivity contribution in [1.82, 2.24) is 14.9 Å². The first-order valence-corrected chi connectivity index (χ1v) is 5.27. The van der Waals surface area contributed by atoms with E-state index in [1.165, 1.54) is 6.33 Å². The van der Waals surface area contributed by atoms with Crippen LogP contribution in [-0.2, 0) is 7.05 Å². The highest BCUT2D eigenvalue weighted by Gasteiger charge is 2.18. The summed E-state index contributed by atoms with van der Waals surface area (Å²) in [5, 5.41) is 16.8. The molecule has 0 aliphatic carbocycles. The van der Waals surface area contributed by atoms with Gasteiger partial charge in [-0.25, -0.2) is 0 Å². The fourth-order valence-electron chi connectivity index (χ4n) is 1.33. The number of nitrogens with zero attached hydrogens (tertiary/aromatic N) is 3. The molecule has 1 heterocycles. The smallest absolute Gasteiger partial charge is 0.363 e. The van der Waals surface area contributed by atoms with Gasteiger partial charge in [-0.1, -0.05) is 6.92 Å². The van der Waals surface area contributed by atoms with Crippen LogP contribution in [0.25, 0.3) is 0 Å². The van der Waals surface area contributed by atoms with Crippen LogP contribution >= 0.6 is 0 Å². The number of nitro groups is 1. The number of aromatic nitrogens is 2. The molecule has 7 nitrogen and oxygen atoms in total. The fraction of sp³-hybridized carbons (Fsp3) is 0.667. The van der Waals surface area contributed by atoms with Crippen molar-refractivity contribution in [3.63, 3.8) is 0 Å². The summed E-state index contributed by atoms with van der Waals surface area (Å²) < 4.78 is 1.61. The highest BCUT2D eigenvalue weighted by molar-refractivity contribution is 5.51. The van der Waals surface area contributed by atoms with Crippen molar-refractivity contribution < 1.29 is 4.92 Å². The number of anilines is 1. The van der Waals surface area contributed by atoms with E-state index in [-0.39, 0.29) is 5.82 Å². The lowest BCUT2D eigenvalue weighted by molar-refractivity contribution is -0.388. The topological polar surface area (TPSA) is 85.0 Å². The van der Waals surface area contributed by atoms with E-state index < -0.39 is 4.92 Å². The molecule has 0 radical (unpaired) electrons. The standard InChI is InChI=1S/C9H17N5O2/c1-3-4-10-5-6-11-8-9(14(15)16)12-7-13(8)2/h7,10-11H,3-6H2,1-2H3. The second kappa shape index (κ2) is 6.06. The van der Waals surface area contributed by atoms with Crippen molar-refractivity contribution in [2.45, 2.75) is 13.3 Å². The molecule has 0 atom stereocenters. The van der Waals surface area contributed by atoms with Gasteiger partial charge in [0.05, 0.1) is 0 Å². The van der Waals surface area contributed by atoms with Gasteiger partial charge in [0.25, 0.3) is 0 Å². The first kappa shape index (κ1) is 12.4. The summed E-state index contributed by atoms with van der Waals surface area (Å²) in [6, 6.07) is 0. The monoisotopic (exact) mass is 227 g/mol. The zero-order valence-electron chi connectivity index (χ0n) is 9.56. The third kappa shape index (κ3) is 3.20. The van der Waals surface area contributed by atoms with E-state index in [9.17, 15) is 10.1 Å². The first-order valence-electron chi connectivity index (χ1n) is 5.27. The zero-order valence-corrected chi connectivity index (χ0v) is 9.56. The lowest BCUT2D eigenvalue weighted by Gasteiger charge is -2.06. The van der Waals surface area contributed by atoms with Crippen molar-refractivity contribution in [3.05, 3.63) is 16.4 Å². The van der Waals surface area contributed by atoms with Gasteiger partial charge in [0.1, 0.15) is 0 Å². The largest absolute Gasteiger partial charge is 0.406 e. The number of rotatable bonds is 7. The van der Waals surface area contributed by atoms with Crippen LogP contribution in [0.1, 0.15) is 13.3 Å². The molecule has 0 aliphatic heterocycles. The Labute approximate surface area is 94.0 Å². The van der Waals surface area contributed by atoms with Crippen LogP contribution in [0.4, 0.5) is 11.6 Å². The van der Waals surface area contributed by atoms with E-state index in [2.05, 4.69) is 22.5 Å². The third-order valence-electron chi connectivity index (χ3n) is 2.11. The quantitative estimate of drug-likeness (QED) is 0.407.